The van der Waals surface area contributed by atoms with Gasteiger partial charge < -0.3 is 23.7 Å². The standard InChI is InChI=1S/C36H58O5S/c1-7-12-18-37-26-29-25-34(39-20-14-9-3)36(40-21-15-10-4)35(41-29)32-24-28(23-31-17-16-30(11-5)42-31)27(6)22-33(32)38-19-13-8-2/h16-17,22,24,29,34-36H,7-15,18-21,23,25-26H2,1-6H3/t29-,34-,35-,36+/m0/s1. The molecule has 2 heterocycles. The van der Waals surface area contributed by atoms with Crippen LogP contribution >= 0.6 is 11.3 Å². The molecule has 4 atom stereocenters. The van der Waals surface area contributed by atoms with E-state index < -0.39 is 0 Å². The van der Waals surface area contributed by atoms with Crippen LogP contribution in [-0.2, 0) is 31.8 Å². The van der Waals surface area contributed by atoms with Crippen LogP contribution in [0.4, 0.5) is 0 Å². The van der Waals surface area contributed by atoms with E-state index in [0.717, 1.165) is 95.2 Å². The highest BCUT2D eigenvalue weighted by atomic mass is 32.1. The van der Waals surface area contributed by atoms with Crippen molar-refractivity contribution in [2.75, 3.05) is 33.0 Å². The lowest BCUT2D eigenvalue weighted by atomic mass is 9.89. The summed E-state index contributed by atoms with van der Waals surface area (Å²) in [5.41, 5.74) is 3.66. The van der Waals surface area contributed by atoms with Crippen LogP contribution in [0.3, 0.4) is 0 Å². The minimum Gasteiger partial charge on any atom is -0.493 e. The molecule has 1 saturated heterocycles. The molecule has 1 aromatic heterocycles. The van der Waals surface area contributed by atoms with Crippen molar-refractivity contribution in [1.82, 2.24) is 0 Å². The molecule has 3 rings (SSSR count). The van der Waals surface area contributed by atoms with Crippen LogP contribution in [0, 0.1) is 6.92 Å². The molecule has 6 heteroatoms. The maximum atomic E-state index is 6.94. The van der Waals surface area contributed by atoms with E-state index in [9.17, 15) is 0 Å². The van der Waals surface area contributed by atoms with Gasteiger partial charge in [-0.15, -0.1) is 11.3 Å². The number of thiophene rings is 1. The van der Waals surface area contributed by atoms with Gasteiger partial charge in [-0.2, -0.15) is 0 Å². The van der Waals surface area contributed by atoms with Crippen LogP contribution in [0.5, 0.6) is 5.75 Å². The van der Waals surface area contributed by atoms with Crippen LogP contribution in [0.15, 0.2) is 24.3 Å². The Morgan fingerprint density at radius 2 is 1.48 bits per heavy atom. The normalized spacial score (nSPS) is 20.7. The smallest absolute Gasteiger partial charge is 0.125 e. The molecular weight excluding hydrogens is 544 g/mol. The summed E-state index contributed by atoms with van der Waals surface area (Å²) >= 11 is 1.91. The van der Waals surface area contributed by atoms with Crippen molar-refractivity contribution in [2.45, 2.75) is 137 Å². The molecule has 5 nitrogen and oxygen atoms in total. The molecule has 1 aliphatic heterocycles. The van der Waals surface area contributed by atoms with Gasteiger partial charge in [0.15, 0.2) is 0 Å². The van der Waals surface area contributed by atoms with Gasteiger partial charge in [0, 0.05) is 48.0 Å². The van der Waals surface area contributed by atoms with Gasteiger partial charge >= 0.3 is 0 Å². The molecule has 0 radical (unpaired) electrons. The number of rotatable bonds is 21. The molecule has 1 aromatic carbocycles. The highest BCUT2D eigenvalue weighted by Crippen LogP contribution is 2.41. The van der Waals surface area contributed by atoms with E-state index >= 15 is 0 Å². The van der Waals surface area contributed by atoms with E-state index in [1.165, 1.54) is 20.9 Å². The molecule has 0 bridgehead atoms. The van der Waals surface area contributed by atoms with Crippen molar-refractivity contribution < 1.29 is 23.7 Å². The van der Waals surface area contributed by atoms with Crippen LogP contribution in [0.25, 0.3) is 0 Å². The Morgan fingerprint density at radius 1 is 0.810 bits per heavy atom. The predicted molar refractivity (Wildman–Crippen MR) is 175 cm³/mol. The fourth-order valence-corrected chi connectivity index (χ4v) is 6.33. The third kappa shape index (κ3) is 10.9. The lowest BCUT2D eigenvalue weighted by Gasteiger charge is -2.42. The van der Waals surface area contributed by atoms with Gasteiger partial charge in [-0.05, 0) is 74.4 Å². The largest absolute Gasteiger partial charge is 0.493 e. The summed E-state index contributed by atoms with van der Waals surface area (Å²) in [5.74, 6) is 0.916. The number of unbranched alkanes of at least 4 members (excludes halogenated alkanes) is 4. The number of benzene rings is 1. The van der Waals surface area contributed by atoms with Gasteiger partial charge in [0.1, 0.15) is 18.0 Å². The first kappa shape index (κ1) is 35.0. The Labute approximate surface area is 260 Å². The number of aryl methyl sites for hydroxylation is 2. The Hall–Kier alpha value is -1.44. The summed E-state index contributed by atoms with van der Waals surface area (Å²) in [5, 5.41) is 0. The van der Waals surface area contributed by atoms with Gasteiger partial charge in [0.25, 0.3) is 0 Å². The topological polar surface area (TPSA) is 46.2 Å². The molecule has 2 aromatic rings. The Kier molecular flexibility index (Phi) is 16.5. The Bertz CT molecular complexity index is 1000. The van der Waals surface area contributed by atoms with Crippen molar-refractivity contribution >= 4 is 11.3 Å². The zero-order valence-corrected chi connectivity index (χ0v) is 28.2. The fourth-order valence-electron chi connectivity index (χ4n) is 5.35. The summed E-state index contributed by atoms with van der Waals surface area (Å²) in [7, 11) is 0. The summed E-state index contributed by atoms with van der Waals surface area (Å²) in [6.45, 7) is 16.7. The second-order valence-corrected chi connectivity index (χ2v) is 13.0. The minimum absolute atomic E-state index is 0.0513. The highest BCUT2D eigenvalue weighted by Gasteiger charge is 2.42. The zero-order chi connectivity index (χ0) is 30.2. The average Bonchev–Trinajstić information content (AvgIpc) is 3.45. The molecule has 1 fully saturated rings. The van der Waals surface area contributed by atoms with Gasteiger partial charge in [-0.1, -0.05) is 60.3 Å². The summed E-state index contributed by atoms with van der Waals surface area (Å²) in [6.07, 6.45) is 10.7. The van der Waals surface area contributed by atoms with E-state index in [0.29, 0.717) is 19.8 Å². The molecule has 1 aliphatic rings. The molecule has 0 aliphatic carbocycles. The third-order valence-electron chi connectivity index (χ3n) is 8.04. The predicted octanol–water partition coefficient (Wildman–Crippen LogP) is 9.41. The monoisotopic (exact) mass is 602 g/mol. The van der Waals surface area contributed by atoms with Crippen LogP contribution in [0.2, 0.25) is 0 Å². The number of hydrogen-bond acceptors (Lipinski definition) is 6. The van der Waals surface area contributed by atoms with E-state index in [4.69, 9.17) is 23.7 Å². The van der Waals surface area contributed by atoms with E-state index in [1.54, 1.807) is 0 Å². The molecule has 0 saturated carbocycles. The first-order valence-electron chi connectivity index (χ1n) is 16.8. The van der Waals surface area contributed by atoms with Crippen molar-refractivity contribution in [2.24, 2.45) is 0 Å². The Morgan fingerprint density at radius 3 is 2.17 bits per heavy atom. The lowest BCUT2D eigenvalue weighted by Crippen LogP contribution is -2.48. The fraction of sp³-hybridized carbons (Fsp3) is 0.722. The molecule has 42 heavy (non-hydrogen) atoms. The zero-order valence-electron chi connectivity index (χ0n) is 27.4. The maximum Gasteiger partial charge on any atom is 0.125 e. The molecular formula is C36H58O5S. The summed E-state index contributed by atoms with van der Waals surface area (Å²) < 4.78 is 32.8. The quantitative estimate of drug-likeness (QED) is 0.133. The van der Waals surface area contributed by atoms with E-state index in [-0.39, 0.29) is 24.4 Å². The molecule has 0 N–H and O–H groups in total. The Balaban J connectivity index is 2.00. The van der Waals surface area contributed by atoms with Crippen LogP contribution in [-0.4, -0.2) is 51.3 Å². The van der Waals surface area contributed by atoms with Crippen molar-refractivity contribution in [1.29, 1.82) is 0 Å². The second kappa shape index (κ2) is 19.8. The van der Waals surface area contributed by atoms with Gasteiger partial charge in [0.05, 0.1) is 25.4 Å². The average molecular weight is 603 g/mol. The first-order valence-corrected chi connectivity index (χ1v) is 17.7. The molecule has 0 spiro atoms. The first-order chi connectivity index (χ1) is 20.5. The van der Waals surface area contributed by atoms with Crippen molar-refractivity contribution in [3.05, 3.63) is 50.7 Å². The maximum absolute atomic E-state index is 6.94. The molecule has 238 valence electrons. The molecule has 0 amide bonds. The highest BCUT2D eigenvalue weighted by molar-refractivity contribution is 7.12. The second-order valence-electron chi connectivity index (χ2n) is 11.7. The summed E-state index contributed by atoms with van der Waals surface area (Å²) in [6, 6.07) is 9.12. The lowest BCUT2D eigenvalue weighted by molar-refractivity contribution is -0.213. The van der Waals surface area contributed by atoms with Crippen LogP contribution < -0.4 is 4.74 Å². The van der Waals surface area contributed by atoms with Gasteiger partial charge in [0.2, 0.25) is 0 Å². The van der Waals surface area contributed by atoms with Crippen LogP contribution in [0.1, 0.15) is 125 Å². The third-order valence-corrected chi connectivity index (χ3v) is 9.27. The number of ether oxygens (including phenoxy) is 5. The summed E-state index contributed by atoms with van der Waals surface area (Å²) in [4.78, 5) is 2.82. The van der Waals surface area contributed by atoms with E-state index in [1.807, 2.05) is 11.3 Å². The van der Waals surface area contributed by atoms with Crippen molar-refractivity contribution in [3.63, 3.8) is 0 Å². The van der Waals surface area contributed by atoms with E-state index in [2.05, 4.69) is 65.8 Å². The number of hydrogen-bond donors (Lipinski definition) is 0. The minimum atomic E-state index is -0.285. The SMILES string of the molecule is CCCCOC[C@@H]1C[C@H](OCCCC)[C@@H](OCCCC)[C@H](c2cc(Cc3ccc(CC)s3)c(C)cc2OCCCC)O1. The van der Waals surface area contributed by atoms with Gasteiger partial charge in [-0.25, -0.2) is 0 Å². The van der Waals surface area contributed by atoms with Gasteiger partial charge in [-0.3, -0.25) is 0 Å². The van der Waals surface area contributed by atoms with Crippen molar-refractivity contribution in [3.8, 4) is 5.75 Å². The molecule has 0 unspecified atom stereocenters.